The molecular formula is C18H27IN6O2S. The van der Waals surface area contributed by atoms with Crippen LogP contribution in [0.1, 0.15) is 18.2 Å². The van der Waals surface area contributed by atoms with Crippen LogP contribution in [0.15, 0.2) is 41.5 Å². The minimum Gasteiger partial charge on any atom is -0.357 e. The smallest absolute Gasteiger partial charge is 0.236 e. The van der Waals surface area contributed by atoms with Gasteiger partial charge in [0.25, 0.3) is 0 Å². The molecule has 154 valence electrons. The second-order valence-electron chi connectivity index (χ2n) is 6.33. The lowest BCUT2D eigenvalue weighted by Crippen LogP contribution is -2.42. The van der Waals surface area contributed by atoms with Crippen LogP contribution >= 0.6 is 24.0 Å². The normalized spacial score (nSPS) is 13.8. The maximum Gasteiger partial charge on any atom is 0.236 e. The molecule has 1 aromatic heterocycles. The van der Waals surface area contributed by atoms with E-state index in [0.717, 1.165) is 23.4 Å². The fourth-order valence-electron chi connectivity index (χ4n) is 3.06. The minimum atomic E-state index is -3.37. The number of sulfonamides is 1. The molecule has 0 saturated heterocycles. The minimum absolute atomic E-state index is 0. The van der Waals surface area contributed by atoms with E-state index in [4.69, 9.17) is 0 Å². The maximum atomic E-state index is 12.7. The van der Waals surface area contributed by atoms with E-state index >= 15 is 0 Å². The van der Waals surface area contributed by atoms with Gasteiger partial charge in [-0.05, 0) is 31.0 Å². The van der Waals surface area contributed by atoms with Crippen LogP contribution in [0.3, 0.4) is 0 Å². The molecule has 2 heterocycles. The number of rotatable bonds is 7. The molecule has 1 aromatic carbocycles. The van der Waals surface area contributed by atoms with E-state index in [2.05, 4.69) is 20.7 Å². The number of para-hydroxylation sites is 1. The molecule has 0 unspecified atom stereocenters. The molecule has 1 aliphatic rings. The Morgan fingerprint density at radius 3 is 2.75 bits per heavy atom. The Hall–Kier alpha value is -1.82. The number of fused-ring (bicyclic) bond motifs is 1. The fraction of sp³-hybridized carbons (Fsp3) is 0.444. The van der Waals surface area contributed by atoms with Gasteiger partial charge in [-0.1, -0.05) is 18.2 Å². The first-order valence-electron chi connectivity index (χ1n) is 9.08. The van der Waals surface area contributed by atoms with E-state index in [-0.39, 0.29) is 36.3 Å². The summed E-state index contributed by atoms with van der Waals surface area (Å²) < 4.78 is 28.8. The highest BCUT2D eigenvalue weighted by Crippen LogP contribution is 2.29. The molecule has 0 atom stereocenters. The molecule has 8 nitrogen and oxygen atoms in total. The molecule has 0 fully saturated rings. The number of aromatic nitrogens is 2. The van der Waals surface area contributed by atoms with Crippen molar-refractivity contribution in [3.05, 3.63) is 47.8 Å². The van der Waals surface area contributed by atoms with Crippen LogP contribution in [0.5, 0.6) is 0 Å². The third-order valence-electron chi connectivity index (χ3n) is 4.50. The zero-order valence-electron chi connectivity index (χ0n) is 16.1. The molecule has 0 aliphatic carbocycles. The molecule has 0 amide bonds. The monoisotopic (exact) mass is 518 g/mol. The number of hydrogen-bond donors (Lipinski definition) is 2. The van der Waals surface area contributed by atoms with Crippen molar-refractivity contribution in [1.29, 1.82) is 0 Å². The number of aliphatic imine (C=N–C) groups is 1. The summed E-state index contributed by atoms with van der Waals surface area (Å²) in [5.74, 6) is 0.605. The van der Waals surface area contributed by atoms with E-state index in [9.17, 15) is 8.42 Å². The predicted octanol–water partition coefficient (Wildman–Crippen LogP) is 1.49. The third-order valence-corrected chi connectivity index (χ3v) is 6.27. The van der Waals surface area contributed by atoms with Gasteiger partial charge in [-0.25, -0.2) is 13.4 Å². The quantitative estimate of drug-likeness (QED) is 0.329. The number of nitrogens with zero attached hydrogens (tertiary/aromatic N) is 4. The molecule has 10 heteroatoms. The van der Waals surface area contributed by atoms with Gasteiger partial charge in [0.1, 0.15) is 0 Å². The molecule has 0 saturated carbocycles. The highest BCUT2D eigenvalue weighted by Gasteiger charge is 2.28. The Morgan fingerprint density at radius 1 is 1.25 bits per heavy atom. The van der Waals surface area contributed by atoms with Crippen molar-refractivity contribution in [2.24, 2.45) is 12.0 Å². The molecule has 1 aliphatic heterocycles. The zero-order valence-corrected chi connectivity index (χ0v) is 19.3. The van der Waals surface area contributed by atoms with Crippen molar-refractivity contribution in [3.8, 4) is 0 Å². The van der Waals surface area contributed by atoms with Crippen molar-refractivity contribution < 1.29 is 8.42 Å². The van der Waals surface area contributed by atoms with Crippen molar-refractivity contribution >= 4 is 45.6 Å². The van der Waals surface area contributed by atoms with Gasteiger partial charge in [0.05, 0.1) is 23.7 Å². The number of benzene rings is 1. The van der Waals surface area contributed by atoms with Gasteiger partial charge in [0.2, 0.25) is 10.0 Å². The predicted molar refractivity (Wildman–Crippen MR) is 123 cm³/mol. The van der Waals surface area contributed by atoms with Gasteiger partial charge >= 0.3 is 0 Å². The van der Waals surface area contributed by atoms with Crippen LogP contribution in [0, 0.1) is 0 Å². The molecule has 2 aromatic rings. The summed E-state index contributed by atoms with van der Waals surface area (Å²) in [5, 5.41) is 10.4. The Bertz CT molecular complexity index is 912. The summed E-state index contributed by atoms with van der Waals surface area (Å²) >= 11 is 0. The highest BCUT2D eigenvalue weighted by atomic mass is 127. The zero-order chi connectivity index (χ0) is 19.3. The highest BCUT2D eigenvalue weighted by molar-refractivity contribution is 14.0. The number of aryl methyl sites for hydroxylation is 1. The van der Waals surface area contributed by atoms with Crippen molar-refractivity contribution in [3.63, 3.8) is 0 Å². The molecule has 2 N–H and O–H groups in total. The van der Waals surface area contributed by atoms with Crippen LogP contribution in [0.25, 0.3) is 0 Å². The average Bonchev–Trinajstić information content (AvgIpc) is 3.26. The van der Waals surface area contributed by atoms with Gasteiger partial charge in [0, 0.05) is 32.9 Å². The Balaban J connectivity index is 0.00000280. The van der Waals surface area contributed by atoms with Crippen LogP contribution < -0.4 is 14.9 Å². The number of hydrogen-bond acceptors (Lipinski definition) is 4. The summed E-state index contributed by atoms with van der Waals surface area (Å²) in [7, 11) is -1.51. The number of nitrogens with one attached hydrogen (secondary N) is 2. The van der Waals surface area contributed by atoms with E-state index in [1.807, 2.05) is 44.3 Å². The Morgan fingerprint density at radius 2 is 2.04 bits per heavy atom. The van der Waals surface area contributed by atoms with Crippen LogP contribution in [-0.4, -0.2) is 49.5 Å². The third kappa shape index (κ3) is 5.37. The maximum absolute atomic E-state index is 12.7. The standard InChI is InChI=1S/C18H26N6O2S.HI/c1-3-19-18(21-14-16-8-10-22-23(16)2)20-11-13-27(25,26)24-12-9-15-6-4-5-7-17(15)24;/h4-8,10H,3,9,11-14H2,1-2H3,(H2,19,20,21);1H. The van der Waals surface area contributed by atoms with Crippen molar-refractivity contribution in [1.82, 2.24) is 20.4 Å². The summed E-state index contributed by atoms with van der Waals surface area (Å²) in [6.45, 7) is 3.94. The van der Waals surface area contributed by atoms with E-state index in [1.54, 1.807) is 10.9 Å². The lowest BCUT2D eigenvalue weighted by atomic mass is 10.2. The number of guanidine groups is 1. The van der Waals surface area contributed by atoms with Crippen molar-refractivity contribution in [2.45, 2.75) is 19.9 Å². The molecule has 0 bridgehead atoms. The molecule has 28 heavy (non-hydrogen) atoms. The summed E-state index contributed by atoms with van der Waals surface area (Å²) in [6, 6.07) is 9.57. The Kier molecular flexibility index (Phi) is 8.10. The van der Waals surface area contributed by atoms with Gasteiger partial charge in [0.15, 0.2) is 5.96 Å². The second kappa shape index (κ2) is 10.1. The molecular weight excluding hydrogens is 491 g/mol. The fourth-order valence-corrected chi connectivity index (χ4v) is 4.49. The van der Waals surface area contributed by atoms with Gasteiger partial charge in [-0.2, -0.15) is 5.10 Å². The first-order valence-corrected chi connectivity index (χ1v) is 10.7. The summed E-state index contributed by atoms with van der Waals surface area (Å²) in [4.78, 5) is 4.49. The topological polar surface area (TPSA) is 91.6 Å². The van der Waals surface area contributed by atoms with E-state index in [0.29, 0.717) is 25.6 Å². The molecule has 0 spiro atoms. The summed E-state index contributed by atoms with van der Waals surface area (Å²) in [5.41, 5.74) is 2.86. The van der Waals surface area contributed by atoms with Gasteiger partial charge in [-0.15, -0.1) is 24.0 Å². The van der Waals surface area contributed by atoms with Gasteiger partial charge in [-0.3, -0.25) is 8.99 Å². The second-order valence-corrected chi connectivity index (χ2v) is 8.35. The average molecular weight is 518 g/mol. The SMILES string of the molecule is CCNC(=NCc1ccnn1C)NCCS(=O)(=O)N1CCc2ccccc21.I. The molecule has 3 rings (SSSR count). The van der Waals surface area contributed by atoms with Gasteiger partial charge < -0.3 is 10.6 Å². The van der Waals surface area contributed by atoms with E-state index < -0.39 is 10.0 Å². The van der Waals surface area contributed by atoms with Crippen LogP contribution in [0.2, 0.25) is 0 Å². The largest absolute Gasteiger partial charge is 0.357 e. The lowest BCUT2D eigenvalue weighted by Gasteiger charge is -2.20. The molecule has 0 radical (unpaired) electrons. The summed E-state index contributed by atoms with van der Waals surface area (Å²) in [6.07, 6.45) is 2.49. The Labute approximate surface area is 183 Å². The lowest BCUT2D eigenvalue weighted by molar-refractivity contribution is 0.591. The van der Waals surface area contributed by atoms with Crippen LogP contribution in [-0.2, 0) is 30.0 Å². The number of anilines is 1. The first-order chi connectivity index (χ1) is 13.0. The van der Waals surface area contributed by atoms with E-state index in [1.165, 1.54) is 4.31 Å². The number of halogens is 1. The van der Waals surface area contributed by atoms with Crippen LogP contribution in [0.4, 0.5) is 5.69 Å². The van der Waals surface area contributed by atoms with Crippen molar-refractivity contribution in [2.75, 3.05) is 29.7 Å². The first kappa shape index (κ1) is 22.5.